The summed E-state index contributed by atoms with van der Waals surface area (Å²) in [5.74, 6) is 9.81. The molecule has 28 heteroatoms. The second kappa shape index (κ2) is 32.3. The highest BCUT2D eigenvalue weighted by molar-refractivity contribution is 14.1. The Morgan fingerprint density at radius 1 is 0.867 bits per heavy atom. The number of rotatable bonds is 24. The Balaban J connectivity index is 1.03. The summed E-state index contributed by atoms with van der Waals surface area (Å²) in [6.07, 6.45) is -13.5. The molecule has 492 valence electrons. The van der Waals surface area contributed by atoms with Crippen molar-refractivity contribution < 1.29 is 107 Å². The lowest BCUT2D eigenvalue weighted by Gasteiger charge is -2.46. The van der Waals surface area contributed by atoms with E-state index in [0.29, 0.717) is 20.6 Å². The Kier molecular flexibility index (Phi) is 25.7. The van der Waals surface area contributed by atoms with Gasteiger partial charge in [0.1, 0.15) is 42.4 Å². The summed E-state index contributed by atoms with van der Waals surface area (Å²) < 4.78 is 67.8. The summed E-state index contributed by atoms with van der Waals surface area (Å²) in [6, 6.07) is 5.19. The molecule has 4 saturated heterocycles. The van der Waals surface area contributed by atoms with Crippen molar-refractivity contribution in [2.45, 2.75) is 187 Å². The van der Waals surface area contributed by atoms with Crippen molar-refractivity contribution in [3.05, 3.63) is 79.5 Å². The molecule has 0 amide bonds. The lowest BCUT2D eigenvalue weighted by atomic mass is 9.72. The number of likely N-dealkylation sites (N-methyl/N-ethyl adjacent to an activating group) is 1. The van der Waals surface area contributed by atoms with Crippen LogP contribution in [0, 0.1) is 34.2 Å². The van der Waals surface area contributed by atoms with Crippen LogP contribution in [0.3, 0.4) is 0 Å². The van der Waals surface area contributed by atoms with Gasteiger partial charge in [-0.15, -0.1) is 0 Å². The summed E-state index contributed by atoms with van der Waals surface area (Å²) in [4.78, 5) is 60.4. The van der Waals surface area contributed by atoms with E-state index in [1.807, 2.05) is 29.5 Å². The number of carboxylic acids is 1. The Hall–Kier alpha value is -4.20. The first-order chi connectivity index (χ1) is 43.0. The molecule has 24 nitrogen and oxygen atoms in total. The summed E-state index contributed by atoms with van der Waals surface area (Å²) >= 11 is 2.81. The second-order valence-corrected chi connectivity index (χ2v) is 26.7. The number of carboxylic acid groups (broad SMARTS) is 1. The van der Waals surface area contributed by atoms with Crippen molar-refractivity contribution in [3.63, 3.8) is 0 Å². The van der Waals surface area contributed by atoms with Gasteiger partial charge in [0.25, 0.3) is 0 Å². The average molecular weight is 1430 g/mol. The molecule has 2 bridgehead atoms. The number of ketones is 2. The smallest absolute Gasteiger partial charge is 0.336 e. The van der Waals surface area contributed by atoms with E-state index < -0.39 is 126 Å². The third-order valence-electron chi connectivity index (χ3n) is 16.0. The van der Waals surface area contributed by atoms with Crippen LogP contribution in [0.4, 0.5) is 0 Å². The van der Waals surface area contributed by atoms with Gasteiger partial charge in [0, 0.05) is 60.8 Å². The molecule has 0 spiro atoms. The molecule has 8 N–H and O–H groups in total. The highest BCUT2D eigenvalue weighted by Crippen LogP contribution is 2.49. The number of nitrogens with one attached hydrogen (secondary N) is 2. The number of hydrogen-bond acceptors (Lipinski definition) is 26. The molecule has 4 aliphatic heterocycles. The van der Waals surface area contributed by atoms with E-state index in [1.54, 1.807) is 59.1 Å². The van der Waals surface area contributed by atoms with Crippen LogP contribution in [0.2, 0.25) is 0 Å². The minimum Gasteiger partial charge on any atom is -0.492 e. The Bertz CT molecular complexity index is 3150. The van der Waals surface area contributed by atoms with Crippen molar-refractivity contribution in [1.29, 1.82) is 0 Å². The number of ether oxygens (including phenoxy) is 11. The fourth-order valence-electron chi connectivity index (χ4n) is 11.5. The summed E-state index contributed by atoms with van der Waals surface area (Å²) in [6.45, 7) is 10.7. The van der Waals surface area contributed by atoms with Gasteiger partial charge in [-0.3, -0.25) is 19.2 Å². The van der Waals surface area contributed by atoms with Gasteiger partial charge in [-0.25, -0.2) is 4.79 Å². The number of carbonyl (C=O) groups is 4. The number of methoxy groups -OCH3 is 4. The van der Waals surface area contributed by atoms with Gasteiger partial charge < -0.3 is 88.1 Å². The maximum absolute atomic E-state index is 14.5. The number of Topliss-reactive ketones (excluding diaryl/α,β-unsaturated/α-hetero) is 2. The molecule has 2 aromatic rings. The largest absolute Gasteiger partial charge is 0.492 e. The molecule has 19 atom stereocenters. The minimum absolute atomic E-state index is 0.0179. The normalized spacial score (nSPS) is 34.3. The number of thioether (sulfide) groups is 1. The quantitative estimate of drug-likeness (QED) is 0.0238. The Morgan fingerprint density at radius 3 is 2.27 bits per heavy atom. The molecule has 8 rings (SSSR count). The van der Waals surface area contributed by atoms with Crippen molar-refractivity contribution in [1.82, 2.24) is 10.8 Å². The number of hydroxylamine groups is 1. The topological polar surface area (TPSA) is 324 Å². The molecule has 2 aliphatic carbocycles. The first-order valence-electron chi connectivity index (χ1n) is 29.1. The highest BCUT2D eigenvalue weighted by Gasteiger charge is 2.52. The monoisotopic (exact) mass is 1420 g/mol. The first kappa shape index (κ1) is 71.6. The lowest BCUT2D eigenvalue weighted by Crippen LogP contribution is -2.65. The Labute approximate surface area is 547 Å². The number of fused-ring (bicyclic) bond motifs is 2. The summed E-state index contributed by atoms with van der Waals surface area (Å²) in [5, 5.41) is 70.3. The van der Waals surface area contributed by atoms with Crippen LogP contribution in [0.25, 0.3) is 0 Å². The van der Waals surface area contributed by atoms with Crippen molar-refractivity contribution in [2.75, 3.05) is 47.3 Å². The van der Waals surface area contributed by atoms with Crippen LogP contribution in [-0.4, -0.2) is 216 Å². The number of aliphatic hydroxyl groups is 5. The molecular formula is C62H77IN2O22S3. The van der Waals surface area contributed by atoms with E-state index in [0.717, 1.165) is 11.8 Å². The van der Waals surface area contributed by atoms with E-state index in [4.69, 9.17) is 56.9 Å². The second-order valence-electron chi connectivity index (χ2n) is 22.1. The van der Waals surface area contributed by atoms with Gasteiger partial charge >= 0.3 is 5.97 Å². The number of halogens is 1. The molecule has 4 fully saturated rings. The van der Waals surface area contributed by atoms with Crippen molar-refractivity contribution >= 4 is 78.6 Å². The van der Waals surface area contributed by atoms with E-state index in [-0.39, 0.29) is 94.6 Å². The summed E-state index contributed by atoms with van der Waals surface area (Å²) in [7, 11) is 8.08. The molecule has 0 saturated carbocycles. The fraction of sp³-hybridized carbons (Fsp3) is 0.581. The fourth-order valence-corrected chi connectivity index (χ4v) is 15.3. The third kappa shape index (κ3) is 16.3. The SMILES string of the molecule is CCN[C@H]1CO[C@@H](O[C@H]2[C@H](O[C@H]3C#C/C=C\C#C[C@]4(O)CC(=O)C(CC(C)=O)=C3/C4=C\CSSc3ccccc3C(=O)O)O[C@H](C)[C@@H](NO[C@H]3C[C@H](O)[C@H](SC(=O)c4c(C)c(I)c(O[C@@H]5O[C@@H](C)[C@H](O)[C@@H](OC)[C@H]5O)c(OC)c4OC)[C@@H](C)O3)[C@@H]2O)C[C@@H]1OC. The van der Waals surface area contributed by atoms with Gasteiger partial charge in [-0.2, -0.15) is 5.48 Å². The van der Waals surface area contributed by atoms with Gasteiger partial charge in [0.2, 0.25) is 17.2 Å². The lowest BCUT2D eigenvalue weighted by molar-refractivity contribution is -0.336. The standard InChI is InChI=1S/C62H77IN2O22S3/c1-11-64-37-28-80-43(26-41(37)76-7)85-55-50(70)48(65-87-44-25-38(67)57(33(6)81-44)89-59(74)45-30(3)47(63)53(56(79-10)52(45)77-8)86-60-51(71)54(78-9)49(69)32(5)83-60)31(4)82-61(55)84-40-19-14-12-13-17-22-62(75)27-39(68)35(24-29(2)66)46(40)36(62)21-23-88-90-42-20-16-15-18-34(42)58(72)73/h12-13,15-16,18,20-21,31-33,37-38,40-41,43-44,48-51,54-55,57,60-61,64-65,67,69-71,75H,11,23-28H2,1-10H3,(H,72,73)/b13-12-,36-21+/t31-,32+,33-,37+,38+,40+,41+,43+,44+,48-,49+,50+,51-,54-,55-,57-,60+,61+,62+/m1/s1. The number of allylic oxidation sites excluding steroid dienone is 3. The van der Waals surface area contributed by atoms with Crippen LogP contribution < -0.4 is 25.0 Å². The van der Waals surface area contributed by atoms with Crippen LogP contribution in [0.1, 0.15) is 86.6 Å². The predicted molar refractivity (Wildman–Crippen MR) is 338 cm³/mol. The summed E-state index contributed by atoms with van der Waals surface area (Å²) in [5.41, 5.74) is 1.65. The number of hydrogen-bond donors (Lipinski definition) is 8. The van der Waals surface area contributed by atoms with E-state index in [2.05, 4.69) is 34.5 Å². The zero-order valence-corrected chi connectivity index (χ0v) is 55.8. The zero-order valence-electron chi connectivity index (χ0n) is 51.2. The number of benzene rings is 2. The van der Waals surface area contributed by atoms with E-state index in [9.17, 15) is 49.8 Å². The Morgan fingerprint density at radius 2 is 1.59 bits per heavy atom. The van der Waals surface area contributed by atoms with Crippen molar-refractivity contribution in [3.8, 4) is 40.9 Å². The predicted octanol–water partition coefficient (Wildman–Crippen LogP) is 4.34. The van der Waals surface area contributed by atoms with Gasteiger partial charge in [-0.05, 0) is 93.6 Å². The maximum Gasteiger partial charge on any atom is 0.336 e. The average Bonchev–Trinajstić information content (AvgIpc) is 0.997. The van der Waals surface area contributed by atoms with Gasteiger partial charge in [0.05, 0.1) is 89.8 Å². The number of aliphatic hydroxyl groups excluding tert-OH is 4. The molecule has 4 heterocycles. The minimum atomic E-state index is -2.11. The van der Waals surface area contributed by atoms with Gasteiger partial charge in [0.15, 0.2) is 41.8 Å². The molecule has 0 aromatic heterocycles. The zero-order chi connectivity index (χ0) is 65.3. The van der Waals surface area contributed by atoms with Crippen LogP contribution >= 0.6 is 55.9 Å². The van der Waals surface area contributed by atoms with Crippen molar-refractivity contribution in [2.24, 2.45) is 0 Å². The van der Waals surface area contributed by atoms with Crippen LogP contribution in [0.5, 0.6) is 17.2 Å². The highest BCUT2D eigenvalue weighted by atomic mass is 127. The number of carbonyl (C=O) groups excluding carboxylic acids is 3. The number of aromatic carboxylic acids is 1. The maximum atomic E-state index is 14.5. The molecule has 2 aromatic carbocycles. The first-order valence-corrected chi connectivity index (χ1v) is 33.4. The van der Waals surface area contributed by atoms with E-state index in [1.165, 1.54) is 68.1 Å². The van der Waals surface area contributed by atoms with Crippen LogP contribution in [-0.2, 0) is 52.3 Å². The molecule has 90 heavy (non-hydrogen) atoms. The molecule has 6 aliphatic rings. The molecule has 0 unspecified atom stereocenters. The molecule has 0 radical (unpaired) electrons. The van der Waals surface area contributed by atoms with Gasteiger partial charge in [-0.1, -0.05) is 82.2 Å². The van der Waals surface area contributed by atoms with Crippen LogP contribution in [0.15, 0.2) is 64.1 Å². The molecular weight excluding hydrogens is 1350 g/mol. The van der Waals surface area contributed by atoms with E-state index >= 15 is 0 Å². The third-order valence-corrected chi connectivity index (χ3v) is 21.0.